The molecule has 4 nitrogen and oxygen atoms in total. The zero-order valence-electron chi connectivity index (χ0n) is 15.3. The van der Waals surface area contributed by atoms with E-state index in [0.29, 0.717) is 30.5 Å². The molecule has 0 fully saturated rings. The van der Waals surface area contributed by atoms with Crippen LogP contribution in [0.5, 0.6) is 11.5 Å². The first-order valence-electron chi connectivity index (χ1n) is 8.32. The predicted molar refractivity (Wildman–Crippen MR) is 102 cm³/mol. The number of nitrogens with one attached hydrogen (secondary N) is 2. The molecule has 9 heteroatoms. The van der Waals surface area contributed by atoms with Crippen LogP contribution in [0.4, 0.5) is 17.6 Å². The highest BCUT2D eigenvalue weighted by atomic mass is 32.1. The molecule has 0 radical (unpaired) electrons. The van der Waals surface area contributed by atoms with Crippen LogP contribution in [0.3, 0.4) is 0 Å². The van der Waals surface area contributed by atoms with Crippen LogP contribution < -0.4 is 20.1 Å². The van der Waals surface area contributed by atoms with Gasteiger partial charge in [0.2, 0.25) is 0 Å². The molecule has 2 N–H and O–H groups in total. The first-order chi connectivity index (χ1) is 13.2. The molecule has 0 unspecified atom stereocenters. The van der Waals surface area contributed by atoms with E-state index in [1.165, 1.54) is 0 Å². The van der Waals surface area contributed by atoms with Gasteiger partial charge in [-0.25, -0.2) is 4.39 Å². The summed E-state index contributed by atoms with van der Waals surface area (Å²) in [7, 11) is 3.11. The number of halogens is 4. The summed E-state index contributed by atoms with van der Waals surface area (Å²) in [5.74, 6) is 0.302. The van der Waals surface area contributed by atoms with E-state index in [0.717, 1.165) is 17.7 Å². The summed E-state index contributed by atoms with van der Waals surface area (Å²) in [4.78, 5) is 0. The van der Waals surface area contributed by atoms with E-state index in [2.05, 4.69) is 10.6 Å². The maximum absolute atomic E-state index is 13.4. The van der Waals surface area contributed by atoms with Gasteiger partial charge in [-0.05, 0) is 60.1 Å². The third-order valence-electron chi connectivity index (χ3n) is 3.89. The summed E-state index contributed by atoms with van der Waals surface area (Å²) in [6.07, 6.45) is -3.96. The van der Waals surface area contributed by atoms with E-state index in [1.807, 2.05) is 12.1 Å². The number of rotatable bonds is 7. The van der Waals surface area contributed by atoms with Gasteiger partial charge in [0.1, 0.15) is 5.82 Å². The molecule has 0 atom stereocenters. The number of hydrogen-bond acceptors (Lipinski definition) is 3. The molecule has 0 heterocycles. The number of ether oxygens (including phenoxy) is 2. The number of alkyl halides is 3. The Bertz CT molecular complexity index is 828. The van der Waals surface area contributed by atoms with Crippen LogP contribution in [0.25, 0.3) is 0 Å². The second kappa shape index (κ2) is 9.59. The molecule has 0 aliphatic carbocycles. The van der Waals surface area contributed by atoms with Crippen LogP contribution in [0.2, 0.25) is 0 Å². The van der Waals surface area contributed by atoms with Crippen molar-refractivity contribution in [2.75, 3.05) is 20.8 Å². The highest BCUT2D eigenvalue weighted by Gasteiger charge is 2.31. The van der Waals surface area contributed by atoms with Gasteiger partial charge in [0.05, 0.1) is 19.8 Å². The molecule has 0 bridgehead atoms. The van der Waals surface area contributed by atoms with Crippen LogP contribution in [0, 0.1) is 5.82 Å². The highest BCUT2D eigenvalue weighted by Crippen LogP contribution is 2.30. The fourth-order valence-corrected chi connectivity index (χ4v) is 2.69. The van der Waals surface area contributed by atoms with Gasteiger partial charge in [0.15, 0.2) is 16.6 Å². The Labute approximate surface area is 165 Å². The minimum atomic E-state index is -4.60. The molecule has 0 aromatic heterocycles. The van der Waals surface area contributed by atoms with Crippen molar-refractivity contribution < 1.29 is 27.0 Å². The van der Waals surface area contributed by atoms with Gasteiger partial charge in [0, 0.05) is 13.1 Å². The Kier molecular flexibility index (Phi) is 7.45. The quantitative estimate of drug-likeness (QED) is 0.526. The fraction of sp³-hybridized carbons (Fsp3) is 0.316. The van der Waals surface area contributed by atoms with E-state index in [4.69, 9.17) is 21.7 Å². The van der Waals surface area contributed by atoms with Crippen LogP contribution in [-0.2, 0) is 19.1 Å². The van der Waals surface area contributed by atoms with Gasteiger partial charge in [-0.2, -0.15) is 13.2 Å². The van der Waals surface area contributed by atoms with Gasteiger partial charge in [-0.3, -0.25) is 0 Å². The van der Waals surface area contributed by atoms with Crippen molar-refractivity contribution in [3.05, 3.63) is 58.9 Å². The monoisotopic (exact) mass is 416 g/mol. The van der Waals surface area contributed by atoms with Crippen molar-refractivity contribution >= 4 is 17.3 Å². The lowest BCUT2D eigenvalue weighted by Crippen LogP contribution is -2.36. The number of thiocarbonyl (C=S) groups is 1. The number of hydrogen-bond donors (Lipinski definition) is 2. The summed E-state index contributed by atoms with van der Waals surface area (Å²) in [5.41, 5.74) is 0.112. The first kappa shape index (κ1) is 21.7. The van der Waals surface area contributed by atoms with Crippen LogP contribution in [0.15, 0.2) is 36.4 Å². The minimum Gasteiger partial charge on any atom is -0.493 e. The lowest BCUT2D eigenvalue weighted by Gasteiger charge is -2.13. The van der Waals surface area contributed by atoms with E-state index < -0.39 is 17.6 Å². The molecule has 0 spiro atoms. The Hall–Kier alpha value is -2.55. The molecular weight excluding hydrogens is 396 g/mol. The lowest BCUT2D eigenvalue weighted by atomic mass is 10.1. The van der Waals surface area contributed by atoms with Gasteiger partial charge >= 0.3 is 6.18 Å². The van der Waals surface area contributed by atoms with E-state index in [1.54, 1.807) is 20.3 Å². The molecule has 0 saturated heterocycles. The predicted octanol–water partition coefficient (Wildman–Crippen LogP) is 4.07. The van der Waals surface area contributed by atoms with Crippen molar-refractivity contribution in [2.24, 2.45) is 0 Å². The lowest BCUT2D eigenvalue weighted by molar-refractivity contribution is -0.137. The van der Waals surface area contributed by atoms with Crippen molar-refractivity contribution in [3.63, 3.8) is 0 Å². The van der Waals surface area contributed by atoms with Crippen LogP contribution in [0.1, 0.15) is 16.7 Å². The molecule has 0 amide bonds. The summed E-state index contributed by atoms with van der Waals surface area (Å²) < 4.78 is 62.0. The number of methoxy groups -OCH3 is 2. The van der Waals surface area contributed by atoms with E-state index >= 15 is 0 Å². The van der Waals surface area contributed by atoms with Crippen molar-refractivity contribution in [2.45, 2.75) is 19.1 Å². The van der Waals surface area contributed by atoms with Crippen molar-refractivity contribution in [1.29, 1.82) is 0 Å². The average Bonchev–Trinajstić information content (AvgIpc) is 2.65. The molecule has 2 aromatic rings. The maximum Gasteiger partial charge on any atom is 0.416 e. The molecule has 2 aromatic carbocycles. The van der Waals surface area contributed by atoms with Crippen molar-refractivity contribution in [3.8, 4) is 11.5 Å². The average molecular weight is 416 g/mol. The van der Waals surface area contributed by atoms with Gasteiger partial charge < -0.3 is 20.1 Å². The zero-order chi connectivity index (χ0) is 20.7. The maximum atomic E-state index is 13.4. The van der Waals surface area contributed by atoms with E-state index in [-0.39, 0.29) is 17.2 Å². The van der Waals surface area contributed by atoms with E-state index in [9.17, 15) is 17.6 Å². The summed E-state index contributed by atoms with van der Waals surface area (Å²) in [6, 6.07) is 7.93. The molecule has 28 heavy (non-hydrogen) atoms. The molecule has 2 rings (SSSR count). The second-order valence-electron chi connectivity index (χ2n) is 5.89. The smallest absolute Gasteiger partial charge is 0.416 e. The van der Waals surface area contributed by atoms with Gasteiger partial charge in [0.25, 0.3) is 0 Å². The summed E-state index contributed by atoms with van der Waals surface area (Å²) in [6.45, 7) is 0.474. The Balaban J connectivity index is 1.84. The molecular formula is C19H20F4N2O2S. The Morgan fingerprint density at radius 1 is 0.964 bits per heavy atom. The SMILES string of the molecule is COc1ccc(CCNC(=S)NCc2cc(F)cc(C(F)(F)F)c2)cc1OC. The molecule has 152 valence electrons. The molecule has 0 aliphatic rings. The first-order valence-corrected chi connectivity index (χ1v) is 8.73. The van der Waals surface area contributed by atoms with Gasteiger partial charge in [-0.15, -0.1) is 0 Å². The standard InChI is InChI=1S/C19H20F4N2O2S/c1-26-16-4-3-12(9-17(16)27-2)5-6-24-18(28)25-11-13-7-14(19(21,22)23)10-15(20)8-13/h3-4,7-10H,5-6,11H2,1-2H3,(H2,24,25,28). The highest BCUT2D eigenvalue weighted by molar-refractivity contribution is 7.80. The van der Waals surface area contributed by atoms with Crippen LogP contribution in [-0.4, -0.2) is 25.9 Å². The normalized spacial score (nSPS) is 11.1. The Morgan fingerprint density at radius 2 is 1.68 bits per heavy atom. The van der Waals surface area contributed by atoms with Crippen molar-refractivity contribution in [1.82, 2.24) is 10.6 Å². The second-order valence-corrected chi connectivity index (χ2v) is 6.30. The minimum absolute atomic E-state index is 0.0248. The number of benzene rings is 2. The van der Waals surface area contributed by atoms with Gasteiger partial charge in [-0.1, -0.05) is 6.07 Å². The molecule has 0 saturated carbocycles. The summed E-state index contributed by atoms with van der Waals surface area (Å²) in [5, 5.41) is 6.00. The third-order valence-corrected chi connectivity index (χ3v) is 4.17. The largest absolute Gasteiger partial charge is 0.493 e. The third kappa shape index (κ3) is 6.26. The summed E-state index contributed by atoms with van der Waals surface area (Å²) >= 11 is 5.11. The zero-order valence-corrected chi connectivity index (χ0v) is 16.1. The fourth-order valence-electron chi connectivity index (χ4n) is 2.52. The van der Waals surface area contributed by atoms with Crippen LogP contribution >= 0.6 is 12.2 Å². The molecule has 0 aliphatic heterocycles. The Morgan fingerprint density at radius 3 is 2.32 bits per heavy atom. The topological polar surface area (TPSA) is 42.5 Å².